The molecule has 0 unspecified atom stereocenters. The lowest BCUT2D eigenvalue weighted by Gasteiger charge is -2.31. The van der Waals surface area contributed by atoms with Crippen molar-refractivity contribution in [1.82, 2.24) is 10.2 Å². The molecular weight excluding hydrogens is 475 g/mol. The number of halogens is 3. The molecule has 0 aliphatic rings. The molecule has 8 nitrogen and oxygen atoms in total. The van der Waals surface area contributed by atoms with Crippen molar-refractivity contribution in [3.8, 4) is 5.75 Å². The lowest BCUT2D eigenvalue weighted by molar-refractivity contribution is -0.139. The Hall–Kier alpha value is -3.28. The van der Waals surface area contributed by atoms with Crippen LogP contribution in [0.5, 0.6) is 5.75 Å². The highest BCUT2D eigenvalue weighted by atomic mass is 32.2. The van der Waals surface area contributed by atoms with Crippen molar-refractivity contribution in [3.05, 3.63) is 59.7 Å². The van der Waals surface area contributed by atoms with E-state index in [-0.39, 0.29) is 12.2 Å². The molecule has 0 saturated heterocycles. The van der Waals surface area contributed by atoms with Crippen LogP contribution in [0.3, 0.4) is 0 Å². The Kier molecular flexibility index (Phi) is 8.54. The van der Waals surface area contributed by atoms with Crippen molar-refractivity contribution in [3.63, 3.8) is 0 Å². The smallest absolute Gasteiger partial charge is 0.416 e. The number of carbonyl (C=O) groups is 2. The van der Waals surface area contributed by atoms with Crippen molar-refractivity contribution < 1.29 is 35.9 Å². The molecule has 0 aliphatic heterocycles. The number of methoxy groups -OCH3 is 1. The van der Waals surface area contributed by atoms with Gasteiger partial charge >= 0.3 is 6.18 Å². The Morgan fingerprint density at radius 3 is 2.24 bits per heavy atom. The molecule has 0 aliphatic carbocycles. The highest BCUT2D eigenvalue weighted by Gasteiger charge is 2.33. The van der Waals surface area contributed by atoms with Gasteiger partial charge in [0.2, 0.25) is 21.8 Å². The Balaban J connectivity index is 2.42. The lowest BCUT2D eigenvalue weighted by Crippen LogP contribution is -2.50. The number of anilines is 1. The molecule has 34 heavy (non-hydrogen) atoms. The minimum absolute atomic E-state index is 0.0440. The molecule has 1 N–H and O–H groups in total. The number of sulfonamides is 1. The summed E-state index contributed by atoms with van der Waals surface area (Å²) >= 11 is 0. The number of nitrogens with zero attached hydrogens (tertiary/aromatic N) is 2. The van der Waals surface area contributed by atoms with Gasteiger partial charge in [0.05, 0.1) is 24.6 Å². The monoisotopic (exact) mass is 501 g/mol. The average Bonchev–Trinajstić information content (AvgIpc) is 2.79. The minimum atomic E-state index is -4.70. The molecule has 0 radical (unpaired) electrons. The van der Waals surface area contributed by atoms with Crippen LogP contribution in [0.25, 0.3) is 0 Å². The van der Waals surface area contributed by atoms with Crippen LogP contribution in [-0.4, -0.2) is 58.1 Å². The molecule has 12 heteroatoms. The summed E-state index contributed by atoms with van der Waals surface area (Å²) in [4.78, 5) is 26.7. The molecule has 2 aromatic carbocycles. The van der Waals surface area contributed by atoms with E-state index in [1.165, 1.54) is 27.1 Å². The molecule has 0 saturated carbocycles. The van der Waals surface area contributed by atoms with E-state index in [1.54, 1.807) is 24.3 Å². The van der Waals surface area contributed by atoms with Gasteiger partial charge in [-0.05, 0) is 42.8 Å². The molecule has 2 aromatic rings. The zero-order valence-corrected chi connectivity index (χ0v) is 19.9. The van der Waals surface area contributed by atoms with Crippen molar-refractivity contribution in [1.29, 1.82) is 0 Å². The maximum Gasteiger partial charge on any atom is 0.416 e. The number of alkyl halides is 3. The summed E-state index contributed by atoms with van der Waals surface area (Å²) in [7, 11) is -1.26. The third-order valence-electron chi connectivity index (χ3n) is 5.07. The normalized spacial score (nSPS) is 12.6. The molecular formula is C22H26F3N3O5S. The van der Waals surface area contributed by atoms with Gasteiger partial charge in [0, 0.05) is 13.6 Å². The van der Waals surface area contributed by atoms with E-state index in [0.717, 1.165) is 23.3 Å². The van der Waals surface area contributed by atoms with Gasteiger partial charge < -0.3 is 15.0 Å². The van der Waals surface area contributed by atoms with Gasteiger partial charge in [-0.1, -0.05) is 18.2 Å². The van der Waals surface area contributed by atoms with Crippen LogP contribution >= 0.6 is 0 Å². The van der Waals surface area contributed by atoms with Crippen molar-refractivity contribution >= 4 is 27.5 Å². The molecule has 2 amide bonds. The number of carbonyl (C=O) groups excluding carboxylic acids is 2. The van der Waals surface area contributed by atoms with E-state index in [9.17, 15) is 31.2 Å². The van der Waals surface area contributed by atoms with Crippen LogP contribution in [0.2, 0.25) is 0 Å². The molecule has 2 rings (SSSR count). The average molecular weight is 502 g/mol. The second-order valence-electron chi connectivity index (χ2n) is 7.48. The predicted octanol–water partition coefficient (Wildman–Crippen LogP) is 2.64. The van der Waals surface area contributed by atoms with E-state index in [4.69, 9.17) is 4.74 Å². The minimum Gasteiger partial charge on any atom is -0.497 e. The first-order valence-electron chi connectivity index (χ1n) is 10.1. The Labute approximate surface area is 196 Å². The van der Waals surface area contributed by atoms with Crippen LogP contribution in [0.4, 0.5) is 18.9 Å². The Morgan fingerprint density at radius 1 is 1.12 bits per heavy atom. The summed E-state index contributed by atoms with van der Waals surface area (Å²) in [6, 6.07) is 9.38. The maximum atomic E-state index is 13.2. The van der Waals surface area contributed by atoms with Gasteiger partial charge in [0.1, 0.15) is 18.3 Å². The van der Waals surface area contributed by atoms with E-state index < -0.39 is 46.2 Å². The summed E-state index contributed by atoms with van der Waals surface area (Å²) < 4.78 is 70.0. The van der Waals surface area contributed by atoms with Crippen molar-refractivity contribution in [2.75, 3.05) is 31.3 Å². The summed E-state index contributed by atoms with van der Waals surface area (Å²) in [5, 5.41) is 2.43. The first kappa shape index (κ1) is 27.0. The van der Waals surface area contributed by atoms with E-state index in [2.05, 4.69) is 5.32 Å². The number of hydrogen-bond acceptors (Lipinski definition) is 5. The third-order valence-corrected chi connectivity index (χ3v) is 6.21. The second kappa shape index (κ2) is 10.8. The standard InChI is InChI=1S/C22H26F3N3O5S/c1-15(21(30)26-2)27(13-16-8-10-19(33-3)11-9-16)20(29)14-28(34(4,31)32)18-7-5-6-17(12-18)22(23,24)25/h5-12,15H,13-14H2,1-4H3,(H,26,30)/t15-/m0/s1. The molecule has 0 spiro atoms. The zero-order chi connectivity index (χ0) is 25.7. The van der Waals surface area contributed by atoms with Gasteiger partial charge in [-0.3, -0.25) is 13.9 Å². The zero-order valence-electron chi connectivity index (χ0n) is 19.1. The third kappa shape index (κ3) is 6.86. The first-order chi connectivity index (χ1) is 15.8. The SMILES string of the molecule is CNC(=O)[C@H](C)N(Cc1ccc(OC)cc1)C(=O)CN(c1cccc(C(F)(F)F)c1)S(C)(=O)=O. The van der Waals surface area contributed by atoms with E-state index in [0.29, 0.717) is 21.7 Å². The largest absolute Gasteiger partial charge is 0.497 e. The topological polar surface area (TPSA) is 96.0 Å². The number of ether oxygens (including phenoxy) is 1. The summed E-state index contributed by atoms with van der Waals surface area (Å²) in [6.07, 6.45) is -3.91. The van der Waals surface area contributed by atoms with Crippen LogP contribution < -0.4 is 14.4 Å². The van der Waals surface area contributed by atoms with Gasteiger partial charge in [-0.2, -0.15) is 13.2 Å². The lowest BCUT2D eigenvalue weighted by atomic mass is 10.1. The van der Waals surface area contributed by atoms with Crippen molar-refractivity contribution in [2.24, 2.45) is 0 Å². The summed E-state index contributed by atoms with van der Waals surface area (Å²) in [5.41, 5.74) is -0.738. The highest BCUT2D eigenvalue weighted by molar-refractivity contribution is 7.92. The number of amides is 2. The predicted molar refractivity (Wildman–Crippen MR) is 121 cm³/mol. The van der Waals surface area contributed by atoms with Crippen LogP contribution in [-0.2, 0) is 32.3 Å². The number of hydrogen-bond donors (Lipinski definition) is 1. The molecule has 186 valence electrons. The van der Waals surface area contributed by atoms with Gasteiger partial charge in [0.25, 0.3) is 0 Å². The maximum absolute atomic E-state index is 13.2. The summed E-state index contributed by atoms with van der Waals surface area (Å²) in [5.74, 6) is -0.685. The van der Waals surface area contributed by atoms with E-state index in [1.807, 2.05) is 0 Å². The van der Waals surface area contributed by atoms with E-state index >= 15 is 0 Å². The summed E-state index contributed by atoms with van der Waals surface area (Å²) in [6.45, 7) is 0.630. The fraction of sp³-hybridized carbons (Fsp3) is 0.364. The first-order valence-corrected chi connectivity index (χ1v) is 11.9. The number of likely N-dealkylation sites (N-methyl/N-ethyl adjacent to an activating group) is 1. The Morgan fingerprint density at radius 2 is 1.74 bits per heavy atom. The van der Waals surface area contributed by atoms with Gasteiger partial charge in [-0.15, -0.1) is 0 Å². The number of benzene rings is 2. The molecule has 0 heterocycles. The molecule has 1 atom stereocenters. The highest BCUT2D eigenvalue weighted by Crippen LogP contribution is 2.32. The molecule has 0 fully saturated rings. The van der Waals surface area contributed by atoms with Crippen LogP contribution in [0.1, 0.15) is 18.1 Å². The van der Waals surface area contributed by atoms with Crippen molar-refractivity contribution in [2.45, 2.75) is 25.7 Å². The Bertz CT molecular complexity index is 1120. The van der Waals surface area contributed by atoms with Crippen LogP contribution in [0, 0.1) is 0 Å². The number of nitrogens with one attached hydrogen (secondary N) is 1. The fourth-order valence-electron chi connectivity index (χ4n) is 3.17. The molecule has 0 aromatic heterocycles. The van der Waals surface area contributed by atoms with Crippen LogP contribution in [0.15, 0.2) is 48.5 Å². The molecule has 0 bridgehead atoms. The van der Waals surface area contributed by atoms with Gasteiger partial charge in [0.15, 0.2) is 0 Å². The quantitative estimate of drug-likeness (QED) is 0.570. The van der Waals surface area contributed by atoms with Gasteiger partial charge in [-0.25, -0.2) is 8.42 Å². The fourth-order valence-corrected chi connectivity index (χ4v) is 4.01. The second-order valence-corrected chi connectivity index (χ2v) is 9.38. The number of rotatable bonds is 9.